The Hall–Kier alpha value is -2.19. The van der Waals surface area contributed by atoms with Crippen LogP contribution < -0.4 is 0 Å². The van der Waals surface area contributed by atoms with Gasteiger partial charge in [-0.1, -0.05) is 152 Å². The molecule has 1 aliphatic rings. The molecule has 0 aliphatic heterocycles. The zero-order chi connectivity index (χ0) is 43.6. The van der Waals surface area contributed by atoms with Crippen LogP contribution in [0.3, 0.4) is 0 Å². The van der Waals surface area contributed by atoms with Crippen molar-refractivity contribution in [2.45, 2.75) is 211 Å². The lowest BCUT2D eigenvalue weighted by molar-refractivity contribution is -0.220. The fraction of sp³-hybridized carbons (Fsp3) is 0.778. The van der Waals surface area contributed by atoms with E-state index in [-0.39, 0.29) is 12.8 Å². The Morgan fingerprint density at radius 3 is 1.46 bits per heavy atom. The maximum atomic E-state index is 12.8. The first-order valence-electron chi connectivity index (χ1n) is 22.4. The number of allylic oxidation sites excluding steroid dienone is 8. The smallest absolute Gasteiger partial charge is 0.462 e. The summed E-state index contributed by atoms with van der Waals surface area (Å²) < 4.78 is 33.5. The molecule has 6 N–H and O–H groups in total. The summed E-state index contributed by atoms with van der Waals surface area (Å²) in [6.45, 7) is 3.19. The average molecular weight is 859 g/mol. The first-order chi connectivity index (χ1) is 28.4. The van der Waals surface area contributed by atoms with Crippen LogP contribution in [0.25, 0.3) is 0 Å². The molecule has 6 unspecified atom stereocenters. The second-order valence-corrected chi connectivity index (χ2v) is 17.0. The van der Waals surface area contributed by atoms with Crippen molar-refractivity contribution in [1.82, 2.24) is 0 Å². The number of hydrogen-bond donors (Lipinski definition) is 6. The summed E-state index contributed by atoms with van der Waals surface area (Å²) in [5.41, 5.74) is 0. The minimum atomic E-state index is -5.12. The molecule has 59 heavy (non-hydrogen) atoms. The number of phosphoric acid groups is 1. The summed E-state index contributed by atoms with van der Waals surface area (Å²) in [4.78, 5) is 35.6. The number of ether oxygens (including phenoxy) is 2. The third-order valence-electron chi connectivity index (χ3n) is 10.2. The second kappa shape index (κ2) is 35.4. The summed E-state index contributed by atoms with van der Waals surface area (Å²) >= 11 is 0. The third-order valence-corrected chi connectivity index (χ3v) is 11.1. The monoisotopic (exact) mass is 859 g/mol. The molecule has 0 heterocycles. The molecule has 13 nitrogen and oxygen atoms in total. The van der Waals surface area contributed by atoms with Gasteiger partial charge >= 0.3 is 19.8 Å². The highest BCUT2D eigenvalue weighted by Gasteiger charge is 2.51. The van der Waals surface area contributed by atoms with E-state index in [1.807, 2.05) is 0 Å². The highest BCUT2D eigenvalue weighted by molar-refractivity contribution is 7.47. The third kappa shape index (κ3) is 28.1. The van der Waals surface area contributed by atoms with E-state index in [9.17, 15) is 44.6 Å². The van der Waals surface area contributed by atoms with E-state index in [1.165, 1.54) is 57.8 Å². The predicted octanol–water partition coefficient (Wildman–Crippen LogP) is 8.39. The molecule has 1 aliphatic carbocycles. The molecule has 14 heteroatoms. The van der Waals surface area contributed by atoms with Gasteiger partial charge in [0.25, 0.3) is 0 Å². The SMILES string of the molecule is CCC/C=C/C/C=C/C/C=C/C/C=C/CCCCCC(=O)OC[C@@H](COP(=O)(O)OC1C(O)C(O)C(O)[C@H](O)C1O)OC(=O)CCCCCCCCCCCCCCC. The predicted molar refractivity (Wildman–Crippen MR) is 230 cm³/mol. The first-order valence-corrected chi connectivity index (χ1v) is 23.9. The number of carbonyl (C=O) groups excluding carboxylic acids is 2. The first kappa shape index (κ1) is 54.8. The number of unbranched alkanes of at least 4 members (excludes halogenated alkanes) is 16. The summed E-state index contributed by atoms with van der Waals surface area (Å²) in [5, 5.41) is 50.1. The standard InChI is InChI=1S/C45H79O13P/c1-3-5-7-9-11-13-15-17-18-19-20-22-23-25-27-29-31-33-38(46)55-35-37(36-56-59(53,54)58-45-43(51)41(49)40(48)42(50)44(45)52)57-39(47)34-32-30-28-26-24-21-16-14-12-10-8-6-4-2/h7,9,13,15,18-19,22-23,37,40-45,48-52H,3-6,8,10-12,14,16-17,20-21,24-36H2,1-2H3,(H,53,54)/b9-7+,15-13+,19-18+,23-22+/t37-,40?,41-,42?,43?,44?,45?/m0/s1. The van der Waals surface area contributed by atoms with Gasteiger partial charge in [-0.2, -0.15) is 0 Å². The van der Waals surface area contributed by atoms with Crippen molar-refractivity contribution in [3.05, 3.63) is 48.6 Å². The average Bonchev–Trinajstić information content (AvgIpc) is 3.21. The summed E-state index contributed by atoms with van der Waals surface area (Å²) in [6, 6.07) is 0. The summed E-state index contributed by atoms with van der Waals surface area (Å²) in [7, 11) is -5.12. The number of phosphoric ester groups is 1. The van der Waals surface area contributed by atoms with E-state index in [4.69, 9.17) is 18.5 Å². The normalized spacial score (nSPS) is 22.8. The lowest BCUT2D eigenvalue weighted by Crippen LogP contribution is -2.64. The van der Waals surface area contributed by atoms with Crippen molar-refractivity contribution in [3.8, 4) is 0 Å². The Labute approximate surface area is 354 Å². The number of aliphatic hydroxyl groups is 5. The van der Waals surface area contributed by atoms with Gasteiger partial charge in [0.1, 0.15) is 43.2 Å². The van der Waals surface area contributed by atoms with Gasteiger partial charge in [-0.05, 0) is 51.4 Å². The maximum absolute atomic E-state index is 12.8. The minimum Gasteiger partial charge on any atom is -0.462 e. The number of carbonyl (C=O) groups is 2. The number of esters is 2. The number of aliphatic hydroxyl groups excluding tert-OH is 5. The largest absolute Gasteiger partial charge is 0.472 e. The molecule has 0 amide bonds. The van der Waals surface area contributed by atoms with Crippen molar-refractivity contribution < 1.29 is 63.1 Å². The zero-order valence-corrected chi connectivity index (χ0v) is 36.9. The molecule has 0 spiro atoms. The lowest BCUT2D eigenvalue weighted by Gasteiger charge is -2.41. The van der Waals surface area contributed by atoms with Gasteiger partial charge in [-0.25, -0.2) is 4.57 Å². The van der Waals surface area contributed by atoms with Crippen molar-refractivity contribution in [3.63, 3.8) is 0 Å². The second-order valence-electron chi connectivity index (χ2n) is 15.6. The van der Waals surface area contributed by atoms with Crippen LogP contribution in [0.4, 0.5) is 0 Å². The Morgan fingerprint density at radius 2 is 0.949 bits per heavy atom. The molecule has 0 radical (unpaired) electrons. The van der Waals surface area contributed by atoms with Crippen LogP contribution in [-0.4, -0.2) is 98.3 Å². The molecule has 1 rings (SSSR count). The van der Waals surface area contributed by atoms with Gasteiger partial charge in [-0.3, -0.25) is 18.6 Å². The van der Waals surface area contributed by atoms with Crippen molar-refractivity contribution in [1.29, 1.82) is 0 Å². The van der Waals surface area contributed by atoms with Gasteiger partial charge in [-0.15, -0.1) is 0 Å². The highest BCUT2D eigenvalue weighted by Crippen LogP contribution is 2.47. The van der Waals surface area contributed by atoms with Crippen LogP contribution in [0.5, 0.6) is 0 Å². The van der Waals surface area contributed by atoms with E-state index in [1.54, 1.807) is 0 Å². The minimum absolute atomic E-state index is 0.0907. The van der Waals surface area contributed by atoms with Crippen molar-refractivity contribution in [2.24, 2.45) is 0 Å². The molecule has 0 bridgehead atoms. The van der Waals surface area contributed by atoms with E-state index < -0.39 is 75.7 Å². The van der Waals surface area contributed by atoms with Crippen molar-refractivity contribution in [2.75, 3.05) is 13.2 Å². The maximum Gasteiger partial charge on any atom is 0.472 e. The summed E-state index contributed by atoms with van der Waals surface area (Å²) in [5.74, 6) is -1.14. The molecule has 0 aromatic carbocycles. The molecule has 0 aromatic rings. The Balaban J connectivity index is 2.50. The molecule has 0 saturated heterocycles. The Kier molecular flexibility index (Phi) is 32.9. The molecule has 1 saturated carbocycles. The van der Waals surface area contributed by atoms with Crippen LogP contribution in [-0.2, 0) is 32.7 Å². The van der Waals surface area contributed by atoms with Gasteiger partial charge in [0.05, 0.1) is 6.61 Å². The molecular weight excluding hydrogens is 779 g/mol. The Bertz CT molecular complexity index is 1220. The zero-order valence-electron chi connectivity index (χ0n) is 36.0. The van der Waals surface area contributed by atoms with Gasteiger partial charge in [0.2, 0.25) is 0 Å². The van der Waals surface area contributed by atoms with Crippen molar-refractivity contribution >= 4 is 19.8 Å². The van der Waals surface area contributed by atoms with E-state index in [2.05, 4.69) is 62.5 Å². The van der Waals surface area contributed by atoms with Crippen LogP contribution in [0.15, 0.2) is 48.6 Å². The van der Waals surface area contributed by atoms with Gasteiger partial charge in [0.15, 0.2) is 6.10 Å². The highest BCUT2D eigenvalue weighted by atomic mass is 31.2. The van der Waals surface area contributed by atoms with Crippen LogP contribution in [0.1, 0.15) is 168 Å². The molecule has 0 aromatic heterocycles. The quantitative estimate of drug-likeness (QED) is 0.0152. The van der Waals surface area contributed by atoms with Crippen LogP contribution >= 0.6 is 7.82 Å². The molecular formula is C45H79O13P. The van der Waals surface area contributed by atoms with Crippen LogP contribution in [0.2, 0.25) is 0 Å². The molecule has 1 fully saturated rings. The fourth-order valence-corrected chi connectivity index (χ4v) is 7.49. The summed E-state index contributed by atoms with van der Waals surface area (Å²) in [6.07, 6.45) is 27.4. The Morgan fingerprint density at radius 1 is 0.525 bits per heavy atom. The van der Waals surface area contributed by atoms with Crippen LogP contribution in [0, 0.1) is 0 Å². The molecule has 342 valence electrons. The molecule has 8 atom stereocenters. The number of rotatable bonds is 36. The fourth-order valence-electron chi connectivity index (χ4n) is 6.51. The topological polar surface area (TPSA) is 210 Å². The van der Waals surface area contributed by atoms with Gasteiger partial charge < -0.3 is 39.9 Å². The lowest BCUT2D eigenvalue weighted by atomic mass is 9.85. The van der Waals surface area contributed by atoms with E-state index in [0.29, 0.717) is 12.8 Å². The van der Waals surface area contributed by atoms with E-state index >= 15 is 0 Å². The number of hydrogen-bond acceptors (Lipinski definition) is 12. The van der Waals surface area contributed by atoms with Gasteiger partial charge in [0, 0.05) is 12.8 Å². The van der Waals surface area contributed by atoms with E-state index in [0.717, 1.165) is 70.6 Å².